The van der Waals surface area contributed by atoms with Crippen molar-refractivity contribution in [3.05, 3.63) is 108 Å². The zero-order valence-electron chi connectivity index (χ0n) is 22.7. The second-order valence-corrected chi connectivity index (χ2v) is 12.7. The van der Waals surface area contributed by atoms with Crippen molar-refractivity contribution in [3.63, 3.8) is 0 Å². The quantitative estimate of drug-likeness (QED) is 0.131. The van der Waals surface area contributed by atoms with Gasteiger partial charge in [0.1, 0.15) is 0 Å². The number of carbonyl (C=O) groups excluding carboxylic acids is 1. The summed E-state index contributed by atoms with van der Waals surface area (Å²) in [4.78, 5) is 34.1. The minimum atomic E-state index is -4.00. The van der Waals surface area contributed by atoms with Crippen LogP contribution < -0.4 is 20.1 Å². The second kappa shape index (κ2) is 13.3. The number of carbonyl (C=O) groups is 3. The fourth-order valence-corrected chi connectivity index (χ4v) is 6.09. The summed E-state index contributed by atoms with van der Waals surface area (Å²) in [6.45, 7) is 0. The lowest BCUT2D eigenvalue weighted by Crippen LogP contribution is -2.20. The third kappa shape index (κ3) is 8.80. The number of anilines is 4. The number of carboxylic acid groups (broad SMARTS) is 2. The summed E-state index contributed by atoms with van der Waals surface area (Å²) in [5.74, 6) is -2.09. The van der Waals surface area contributed by atoms with E-state index >= 15 is 0 Å². The summed E-state index contributed by atoms with van der Waals surface area (Å²) in [7, 11) is -8.00. The fraction of sp³-hybridized carbons (Fsp3) is 0.0690. The Bertz CT molecular complexity index is 1770. The molecule has 0 aliphatic heterocycles. The molecule has 228 valence electrons. The maximum atomic E-state index is 12.8. The maximum absolute atomic E-state index is 12.8. The number of benzene rings is 4. The van der Waals surface area contributed by atoms with Gasteiger partial charge in [-0.05, 0) is 83.9 Å². The molecule has 44 heavy (non-hydrogen) atoms. The highest BCUT2D eigenvalue weighted by atomic mass is 32.2. The van der Waals surface area contributed by atoms with Gasteiger partial charge in [0.15, 0.2) is 0 Å². The number of sulfonamides is 2. The van der Waals surface area contributed by atoms with E-state index in [1.807, 2.05) is 0 Å². The lowest BCUT2D eigenvalue weighted by atomic mass is 10.1. The van der Waals surface area contributed by atoms with Crippen LogP contribution in [0, 0.1) is 0 Å². The predicted molar refractivity (Wildman–Crippen MR) is 163 cm³/mol. The van der Waals surface area contributed by atoms with Crippen molar-refractivity contribution in [2.45, 2.75) is 22.6 Å². The summed E-state index contributed by atoms with van der Waals surface area (Å²) in [6.07, 6.45) is -0.518. The third-order valence-corrected chi connectivity index (χ3v) is 8.71. The van der Waals surface area contributed by atoms with Gasteiger partial charge in [0.25, 0.3) is 20.0 Å². The molecule has 4 rings (SSSR count). The molecule has 4 aromatic carbocycles. The average molecular weight is 639 g/mol. The standard InChI is InChI=1S/C29H26N4O9S2/c34-27(35)17-19-3-1-5-23(15-19)32-43(39,40)25-11-7-21(8-12-25)30-29(38)31-22-9-13-26(14-10-22)44(41,42)33-24-6-2-4-20(16-24)18-28(36)37/h1-16,32-33H,17-18H2,(H,34,35)(H,36,37)(H2,30,31,38). The molecule has 4 aromatic rings. The van der Waals surface area contributed by atoms with E-state index in [-0.39, 0.29) is 45.4 Å². The Hall–Kier alpha value is -5.41. The molecular formula is C29H26N4O9S2. The minimum absolute atomic E-state index is 0.0916. The van der Waals surface area contributed by atoms with Crippen LogP contribution in [-0.4, -0.2) is 45.0 Å². The molecule has 0 aliphatic carbocycles. The van der Waals surface area contributed by atoms with Crippen molar-refractivity contribution in [2.24, 2.45) is 0 Å². The molecule has 15 heteroatoms. The van der Waals surface area contributed by atoms with Crippen LogP contribution in [0.15, 0.2) is 107 Å². The number of urea groups is 1. The smallest absolute Gasteiger partial charge is 0.323 e. The summed E-state index contributed by atoms with van der Waals surface area (Å²) in [6, 6.07) is 22.0. The first kappa shape index (κ1) is 31.5. The van der Waals surface area contributed by atoms with Crippen molar-refractivity contribution in [3.8, 4) is 0 Å². The van der Waals surface area contributed by atoms with Crippen LogP contribution in [0.3, 0.4) is 0 Å². The van der Waals surface area contributed by atoms with Gasteiger partial charge in [-0.15, -0.1) is 0 Å². The van der Waals surface area contributed by atoms with Crippen molar-refractivity contribution in [1.82, 2.24) is 0 Å². The lowest BCUT2D eigenvalue weighted by Gasteiger charge is -2.12. The Balaban J connectivity index is 1.34. The van der Waals surface area contributed by atoms with E-state index in [1.165, 1.54) is 84.9 Å². The van der Waals surface area contributed by atoms with Gasteiger partial charge in [-0.3, -0.25) is 19.0 Å². The summed E-state index contributed by atoms with van der Waals surface area (Å²) < 4.78 is 55.9. The first-order valence-corrected chi connectivity index (χ1v) is 15.7. The molecule has 0 radical (unpaired) electrons. The Morgan fingerprint density at radius 3 is 1.23 bits per heavy atom. The van der Waals surface area contributed by atoms with Crippen LogP contribution in [0.1, 0.15) is 11.1 Å². The minimum Gasteiger partial charge on any atom is -0.481 e. The molecule has 0 saturated heterocycles. The first-order valence-electron chi connectivity index (χ1n) is 12.7. The Kier molecular flexibility index (Phi) is 9.51. The highest BCUT2D eigenvalue weighted by Crippen LogP contribution is 2.22. The second-order valence-electron chi connectivity index (χ2n) is 9.38. The predicted octanol–water partition coefficient (Wildman–Crippen LogP) is 4.19. The molecule has 0 saturated carbocycles. The van der Waals surface area contributed by atoms with Gasteiger partial charge in [-0.25, -0.2) is 21.6 Å². The zero-order chi connectivity index (χ0) is 31.9. The number of aliphatic carboxylic acids is 2. The van der Waals surface area contributed by atoms with E-state index in [4.69, 9.17) is 10.2 Å². The van der Waals surface area contributed by atoms with E-state index in [1.54, 1.807) is 12.1 Å². The molecule has 13 nitrogen and oxygen atoms in total. The fourth-order valence-electron chi connectivity index (χ4n) is 4.00. The largest absolute Gasteiger partial charge is 0.481 e. The van der Waals surface area contributed by atoms with Gasteiger partial charge >= 0.3 is 18.0 Å². The van der Waals surface area contributed by atoms with Gasteiger partial charge in [0.05, 0.1) is 22.6 Å². The van der Waals surface area contributed by atoms with E-state index in [2.05, 4.69) is 20.1 Å². The highest BCUT2D eigenvalue weighted by molar-refractivity contribution is 7.93. The summed E-state index contributed by atoms with van der Waals surface area (Å²) >= 11 is 0. The van der Waals surface area contributed by atoms with E-state index < -0.39 is 38.0 Å². The van der Waals surface area contributed by atoms with Gasteiger partial charge < -0.3 is 20.8 Å². The van der Waals surface area contributed by atoms with Crippen molar-refractivity contribution in [2.75, 3.05) is 20.1 Å². The number of nitrogens with one attached hydrogen (secondary N) is 4. The topological polar surface area (TPSA) is 208 Å². The number of amides is 2. The molecule has 0 atom stereocenters. The zero-order valence-corrected chi connectivity index (χ0v) is 24.4. The third-order valence-electron chi connectivity index (χ3n) is 5.91. The number of carboxylic acids is 2. The van der Waals surface area contributed by atoms with Crippen LogP contribution in [0.4, 0.5) is 27.5 Å². The van der Waals surface area contributed by atoms with E-state index in [0.717, 1.165) is 0 Å². The average Bonchev–Trinajstić information content (AvgIpc) is 2.93. The number of rotatable bonds is 12. The first-order chi connectivity index (χ1) is 20.8. The van der Waals surface area contributed by atoms with Gasteiger partial charge in [0, 0.05) is 22.7 Å². The Labute approximate surface area is 252 Å². The highest BCUT2D eigenvalue weighted by Gasteiger charge is 2.17. The molecule has 0 fully saturated rings. The van der Waals surface area contributed by atoms with Crippen LogP contribution >= 0.6 is 0 Å². The van der Waals surface area contributed by atoms with E-state index in [9.17, 15) is 31.2 Å². The number of hydrogen-bond acceptors (Lipinski definition) is 7. The van der Waals surface area contributed by atoms with Gasteiger partial charge in [0.2, 0.25) is 0 Å². The van der Waals surface area contributed by atoms with Crippen molar-refractivity contribution in [1.29, 1.82) is 0 Å². The molecule has 0 spiro atoms. The summed E-state index contributed by atoms with van der Waals surface area (Å²) in [5, 5.41) is 23.0. The monoisotopic (exact) mass is 638 g/mol. The van der Waals surface area contributed by atoms with Crippen LogP contribution in [-0.2, 0) is 42.5 Å². The number of hydrogen-bond donors (Lipinski definition) is 6. The SMILES string of the molecule is O=C(O)Cc1cccc(NS(=O)(=O)c2ccc(NC(=O)Nc3ccc(S(=O)(=O)Nc4cccc(CC(=O)O)c4)cc3)cc2)c1. The Morgan fingerprint density at radius 1 is 0.523 bits per heavy atom. The van der Waals surface area contributed by atoms with Crippen LogP contribution in [0.5, 0.6) is 0 Å². The molecule has 0 aromatic heterocycles. The molecule has 2 amide bonds. The molecule has 0 bridgehead atoms. The van der Waals surface area contributed by atoms with Gasteiger partial charge in [-0.2, -0.15) is 0 Å². The van der Waals surface area contributed by atoms with Crippen LogP contribution in [0.2, 0.25) is 0 Å². The molecule has 6 N–H and O–H groups in total. The maximum Gasteiger partial charge on any atom is 0.323 e. The molecule has 0 heterocycles. The van der Waals surface area contributed by atoms with E-state index in [0.29, 0.717) is 11.1 Å². The molecular weight excluding hydrogens is 612 g/mol. The van der Waals surface area contributed by atoms with Crippen molar-refractivity contribution < 1.29 is 41.4 Å². The summed E-state index contributed by atoms with van der Waals surface area (Å²) in [5.41, 5.74) is 1.81. The molecule has 0 unspecified atom stereocenters. The van der Waals surface area contributed by atoms with Crippen molar-refractivity contribution >= 4 is 60.8 Å². The normalized spacial score (nSPS) is 11.3. The van der Waals surface area contributed by atoms with Crippen LogP contribution in [0.25, 0.3) is 0 Å². The van der Waals surface area contributed by atoms with Gasteiger partial charge in [-0.1, -0.05) is 24.3 Å². The lowest BCUT2D eigenvalue weighted by molar-refractivity contribution is -0.137. The Morgan fingerprint density at radius 2 is 0.886 bits per heavy atom. The molecule has 0 aliphatic rings.